The van der Waals surface area contributed by atoms with E-state index in [1.807, 2.05) is 0 Å². The second-order valence-electron chi connectivity index (χ2n) is 7.60. The molecule has 0 saturated heterocycles. The van der Waals surface area contributed by atoms with E-state index < -0.39 is 17.4 Å². The van der Waals surface area contributed by atoms with Gasteiger partial charge in [0.15, 0.2) is 11.6 Å². The highest BCUT2D eigenvalue weighted by Crippen LogP contribution is 2.37. The number of anilines is 2. The van der Waals surface area contributed by atoms with Crippen LogP contribution in [-0.2, 0) is 0 Å². The number of para-hydroxylation sites is 1. The summed E-state index contributed by atoms with van der Waals surface area (Å²) in [6.45, 7) is 0. The molecule has 0 atom stereocenters. The Hall–Kier alpha value is -4.08. The number of benzene rings is 3. The Morgan fingerprint density at radius 3 is 2.43 bits per heavy atom. The van der Waals surface area contributed by atoms with Crippen LogP contribution in [-0.4, -0.2) is 20.5 Å². The van der Waals surface area contributed by atoms with Gasteiger partial charge in [0.1, 0.15) is 23.1 Å². The fourth-order valence-electron chi connectivity index (χ4n) is 3.61. The summed E-state index contributed by atoms with van der Waals surface area (Å²) >= 11 is 12.8. The summed E-state index contributed by atoms with van der Waals surface area (Å²) in [5.74, 6) is -1.44. The van der Waals surface area contributed by atoms with Gasteiger partial charge in [0.05, 0.1) is 33.2 Å². The number of rotatable bonds is 5. The molecule has 5 rings (SSSR count). The number of nitrogens with two attached hydrogens (primary N) is 2. The van der Waals surface area contributed by atoms with Crippen molar-refractivity contribution in [2.75, 3.05) is 11.5 Å². The third kappa shape index (κ3) is 4.05. The normalized spacial score (nSPS) is 11.2. The first-order chi connectivity index (χ1) is 16.7. The lowest BCUT2D eigenvalue weighted by Crippen LogP contribution is -2.08. The summed E-state index contributed by atoms with van der Waals surface area (Å²) in [6.07, 6.45) is 1.27. The Morgan fingerprint density at radius 1 is 1.00 bits per heavy atom. The number of carbonyl (C=O) groups excluding carboxylic acids is 1. The molecule has 5 aromatic rings. The second-order valence-corrected chi connectivity index (χ2v) is 8.41. The molecule has 0 radical (unpaired) electrons. The van der Waals surface area contributed by atoms with E-state index >= 15 is 0 Å². The Kier molecular flexibility index (Phi) is 5.58. The van der Waals surface area contributed by atoms with Gasteiger partial charge in [-0.15, -0.1) is 0 Å². The Morgan fingerprint density at radius 2 is 1.71 bits per heavy atom. The van der Waals surface area contributed by atoms with Crippen LogP contribution < -0.4 is 16.2 Å². The van der Waals surface area contributed by atoms with Crippen LogP contribution in [0.25, 0.3) is 16.6 Å². The first kappa shape index (κ1) is 22.7. The summed E-state index contributed by atoms with van der Waals surface area (Å²) in [5.41, 5.74) is 12.7. The summed E-state index contributed by atoms with van der Waals surface area (Å²) in [6, 6.07) is 12.9. The SMILES string of the molecule is Nc1cc2[nH]c(C(=O)c3cnn(-c4c(Cl)cc(Oc5ccccc5F)cc4Cl)c3N)cc2cc1F. The zero-order valence-electron chi connectivity index (χ0n) is 17.7. The van der Waals surface area contributed by atoms with Crippen molar-refractivity contribution in [2.24, 2.45) is 0 Å². The number of ether oxygens (including phenoxy) is 1. The van der Waals surface area contributed by atoms with Crippen molar-refractivity contribution in [3.63, 3.8) is 0 Å². The molecule has 0 aliphatic rings. The number of nitrogen functional groups attached to an aromatic ring is 2. The van der Waals surface area contributed by atoms with Crippen molar-refractivity contribution in [3.8, 4) is 17.2 Å². The molecular formula is C24H15Cl2F2N5O2. The quantitative estimate of drug-likeness (QED) is 0.193. The fraction of sp³-hybridized carbons (Fsp3) is 0. The number of hydrogen-bond donors (Lipinski definition) is 3. The zero-order chi connectivity index (χ0) is 24.9. The highest BCUT2D eigenvalue weighted by Gasteiger charge is 2.23. The Bertz CT molecular complexity index is 1570. The molecule has 0 unspecified atom stereocenters. The van der Waals surface area contributed by atoms with E-state index in [1.54, 1.807) is 6.07 Å². The topological polar surface area (TPSA) is 112 Å². The predicted octanol–water partition coefficient (Wildman–Crippen LogP) is 6.13. The highest BCUT2D eigenvalue weighted by molar-refractivity contribution is 6.38. The van der Waals surface area contributed by atoms with E-state index in [1.165, 1.54) is 59.4 Å². The molecule has 0 spiro atoms. The Labute approximate surface area is 206 Å². The number of carbonyl (C=O) groups is 1. The van der Waals surface area contributed by atoms with Crippen molar-refractivity contribution in [3.05, 3.63) is 93.7 Å². The lowest BCUT2D eigenvalue weighted by molar-refractivity contribution is 0.103. The van der Waals surface area contributed by atoms with Crippen molar-refractivity contribution in [1.29, 1.82) is 0 Å². The van der Waals surface area contributed by atoms with E-state index in [2.05, 4.69) is 10.1 Å². The molecule has 2 aromatic heterocycles. The third-order valence-corrected chi connectivity index (χ3v) is 5.88. The number of nitrogens with one attached hydrogen (secondary N) is 1. The first-order valence-electron chi connectivity index (χ1n) is 10.1. The average Bonchev–Trinajstić information content (AvgIpc) is 3.38. The number of hydrogen-bond acceptors (Lipinski definition) is 5. The van der Waals surface area contributed by atoms with Crippen LogP contribution in [0.1, 0.15) is 16.1 Å². The van der Waals surface area contributed by atoms with E-state index in [4.69, 9.17) is 39.4 Å². The summed E-state index contributed by atoms with van der Waals surface area (Å²) in [7, 11) is 0. The van der Waals surface area contributed by atoms with Crippen molar-refractivity contribution in [1.82, 2.24) is 14.8 Å². The van der Waals surface area contributed by atoms with Crippen LogP contribution in [0.4, 0.5) is 20.3 Å². The molecule has 0 fully saturated rings. The smallest absolute Gasteiger partial charge is 0.214 e. The molecule has 0 aliphatic heterocycles. The molecule has 0 bridgehead atoms. The van der Waals surface area contributed by atoms with E-state index in [0.717, 1.165) is 0 Å². The summed E-state index contributed by atoms with van der Waals surface area (Å²) in [5, 5.41) is 4.86. The molecule has 7 nitrogen and oxygen atoms in total. The van der Waals surface area contributed by atoms with Gasteiger partial charge >= 0.3 is 0 Å². The van der Waals surface area contributed by atoms with Gasteiger partial charge in [0.25, 0.3) is 0 Å². The van der Waals surface area contributed by atoms with Crippen LogP contribution in [0.5, 0.6) is 11.5 Å². The van der Waals surface area contributed by atoms with Gasteiger partial charge in [-0.2, -0.15) is 5.10 Å². The van der Waals surface area contributed by atoms with Crippen LogP contribution in [0.2, 0.25) is 10.0 Å². The number of ketones is 1. The zero-order valence-corrected chi connectivity index (χ0v) is 19.2. The minimum absolute atomic E-state index is 0.00107. The standard InChI is InChI=1S/C24H15Cl2F2N5O2/c25-14-7-12(35-21-4-2-1-3-16(21)27)8-15(26)22(14)33-24(30)13(10-31-33)23(34)20-6-11-5-17(28)18(29)9-19(11)32-20/h1-10,32H,29-30H2. The van der Waals surface area contributed by atoms with E-state index in [-0.39, 0.29) is 50.0 Å². The van der Waals surface area contributed by atoms with Gasteiger partial charge in [-0.05, 0) is 30.3 Å². The highest BCUT2D eigenvalue weighted by atomic mass is 35.5. The van der Waals surface area contributed by atoms with E-state index in [9.17, 15) is 13.6 Å². The van der Waals surface area contributed by atoms with E-state index in [0.29, 0.717) is 10.9 Å². The van der Waals surface area contributed by atoms with Gasteiger partial charge in [-0.25, -0.2) is 13.5 Å². The molecule has 11 heteroatoms. The van der Waals surface area contributed by atoms with Gasteiger partial charge in [-0.3, -0.25) is 4.79 Å². The molecule has 0 amide bonds. The van der Waals surface area contributed by atoms with Crippen LogP contribution in [0.3, 0.4) is 0 Å². The molecule has 35 heavy (non-hydrogen) atoms. The predicted molar refractivity (Wildman–Crippen MR) is 131 cm³/mol. The maximum absolute atomic E-state index is 13.9. The molecule has 5 N–H and O–H groups in total. The number of halogens is 4. The van der Waals surface area contributed by atoms with Gasteiger partial charge in [0.2, 0.25) is 5.78 Å². The fourth-order valence-corrected chi connectivity index (χ4v) is 4.23. The molecule has 2 heterocycles. The first-order valence-corrected chi connectivity index (χ1v) is 10.9. The summed E-state index contributed by atoms with van der Waals surface area (Å²) < 4.78 is 34.4. The van der Waals surface area contributed by atoms with Gasteiger partial charge < -0.3 is 21.2 Å². The molecular weight excluding hydrogens is 499 g/mol. The monoisotopic (exact) mass is 513 g/mol. The van der Waals surface area contributed by atoms with Crippen LogP contribution >= 0.6 is 23.2 Å². The van der Waals surface area contributed by atoms with Crippen molar-refractivity contribution in [2.45, 2.75) is 0 Å². The van der Waals surface area contributed by atoms with Crippen LogP contribution in [0.15, 0.2) is 60.8 Å². The lowest BCUT2D eigenvalue weighted by Gasteiger charge is -2.13. The molecule has 176 valence electrons. The lowest BCUT2D eigenvalue weighted by atomic mass is 10.1. The minimum atomic E-state index is -0.588. The number of H-pyrrole nitrogens is 1. The third-order valence-electron chi connectivity index (χ3n) is 5.30. The molecule has 3 aromatic carbocycles. The average molecular weight is 514 g/mol. The largest absolute Gasteiger partial charge is 0.454 e. The maximum atomic E-state index is 13.9. The number of aromatic nitrogens is 3. The van der Waals surface area contributed by atoms with Crippen molar-refractivity contribution < 1.29 is 18.3 Å². The minimum Gasteiger partial charge on any atom is -0.454 e. The number of aromatic amines is 1. The molecule has 0 saturated carbocycles. The van der Waals surface area contributed by atoms with Gasteiger partial charge in [-0.1, -0.05) is 35.3 Å². The number of fused-ring (bicyclic) bond motifs is 1. The Balaban J connectivity index is 1.48. The van der Waals surface area contributed by atoms with Crippen LogP contribution in [0, 0.1) is 11.6 Å². The maximum Gasteiger partial charge on any atom is 0.214 e. The second kappa shape index (κ2) is 8.61. The van der Waals surface area contributed by atoms with Gasteiger partial charge in [0, 0.05) is 23.0 Å². The molecule has 0 aliphatic carbocycles. The summed E-state index contributed by atoms with van der Waals surface area (Å²) in [4.78, 5) is 16.0. The number of nitrogens with zero attached hydrogens (tertiary/aromatic N) is 2. The van der Waals surface area contributed by atoms with Crippen molar-refractivity contribution >= 4 is 51.4 Å².